The summed E-state index contributed by atoms with van der Waals surface area (Å²) in [7, 11) is 0. The first-order valence-electron chi connectivity index (χ1n) is 6.88. The number of carbonyl (C=O) groups excluding carboxylic acids is 1. The zero-order chi connectivity index (χ0) is 15.9. The molecular formula is C15H17N5OS. The molecule has 2 aromatic rings. The van der Waals surface area contributed by atoms with Gasteiger partial charge in [0, 0.05) is 24.5 Å². The Hall–Kier alpha value is -2.33. The molecule has 0 radical (unpaired) electrons. The van der Waals surface area contributed by atoms with Crippen LogP contribution in [0.4, 0.5) is 0 Å². The summed E-state index contributed by atoms with van der Waals surface area (Å²) in [4.78, 5) is 15.9. The van der Waals surface area contributed by atoms with Crippen molar-refractivity contribution in [1.82, 2.24) is 25.1 Å². The summed E-state index contributed by atoms with van der Waals surface area (Å²) in [5.74, 6) is 3.04. The molecule has 6 nitrogen and oxygen atoms in total. The van der Waals surface area contributed by atoms with E-state index in [0.717, 1.165) is 11.4 Å². The number of hydrogen-bond donors (Lipinski definition) is 1. The van der Waals surface area contributed by atoms with Crippen molar-refractivity contribution in [3.63, 3.8) is 0 Å². The van der Waals surface area contributed by atoms with Crippen LogP contribution >= 0.6 is 11.8 Å². The number of carbonyl (C=O) groups is 1. The normalized spacial score (nSPS) is 11.7. The first kappa shape index (κ1) is 16.0. The van der Waals surface area contributed by atoms with Gasteiger partial charge in [0.1, 0.15) is 0 Å². The number of amides is 1. The van der Waals surface area contributed by atoms with Crippen LogP contribution in [0.1, 0.15) is 13.8 Å². The number of terminal acetylenes is 1. The minimum absolute atomic E-state index is 0.112. The second-order valence-electron chi connectivity index (χ2n) is 4.47. The molecular weight excluding hydrogens is 298 g/mol. The first-order valence-corrected chi connectivity index (χ1v) is 7.76. The second-order valence-corrected chi connectivity index (χ2v) is 5.78. The van der Waals surface area contributed by atoms with Gasteiger partial charge in [-0.3, -0.25) is 9.78 Å². The third-order valence-electron chi connectivity index (χ3n) is 2.99. The minimum atomic E-state index is -0.298. The van der Waals surface area contributed by atoms with Crippen molar-refractivity contribution in [3.05, 3.63) is 24.5 Å². The highest BCUT2D eigenvalue weighted by molar-refractivity contribution is 8.00. The lowest BCUT2D eigenvalue weighted by Gasteiger charge is -2.11. The molecule has 22 heavy (non-hydrogen) atoms. The predicted octanol–water partition coefficient (Wildman–Crippen LogP) is 1.59. The molecule has 0 spiro atoms. The molecule has 0 aliphatic carbocycles. The van der Waals surface area contributed by atoms with E-state index in [4.69, 9.17) is 6.42 Å². The van der Waals surface area contributed by atoms with Crippen molar-refractivity contribution >= 4 is 17.7 Å². The van der Waals surface area contributed by atoms with E-state index in [0.29, 0.717) is 11.7 Å². The van der Waals surface area contributed by atoms with Crippen molar-refractivity contribution in [2.24, 2.45) is 0 Å². The number of thioether (sulfide) groups is 1. The van der Waals surface area contributed by atoms with Crippen LogP contribution in [0, 0.1) is 12.3 Å². The smallest absolute Gasteiger partial charge is 0.234 e. The van der Waals surface area contributed by atoms with E-state index in [1.807, 2.05) is 30.5 Å². The Labute approximate surface area is 133 Å². The summed E-state index contributed by atoms with van der Waals surface area (Å²) >= 11 is 1.36. The Balaban J connectivity index is 2.18. The van der Waals surface area contributed by atoms with Crippen LogP contribution in [-0.2, 0) is 11.3 Å². The molecule has 0 aromatic carbocycles. The first-order chi connectivity index (χ1) is 10.7. The lowest BCUT2D eigenvalue weighted by atomic mass is 10.2. The maximum absolute atomic E-state index is 11.9. The third-order valence-corrected chi connectivity index (χ3v) is 4.07. The van der Waals surface area contributed by atoms with E-state index in [9.17, 15) is 4.79 Å². The van der Waals surface area contributed by atoms with E-state index in [1.54, 1.807) is 12.4 Å². The van der Waals surface area contributed by atoms with Gasteiger partial charge in [-0.15, -0.1) is 16.6 Å². The van der Waals surface area contributed by atoms with Gasteiger partial charge in [-0.1, -0.05) is 17.7 Å². The summed E-state index contributed by atoms with van der Waals surface area (Å²) in [6.07, 6.45) is 8.57. The van der Waals surface area contributed by atoms with Gasteiger partial charge < -0.3 is 9.88 Å². The molecule has 0 saturated carbocycles. The summed E-state index contributed by atoms with van der Waals surface area (Å²) in [5.41, 5.74) is 0.945. The van der Waals surface area contributed by atoms with Gasteiger partial charge in [0.05, 0.1) is 11.8 Å². The predicted molar refractivity (Wildman–Crippen MR) is 86.1 cm³/mol. The molecule has 0 bridgehead atoms. The molecule has 0 aliphatic heterocycles. The number of pyridine rings is 1. The van der Waals surface area contributed by atoms with Crippen LogP contribution in [0.3, 0.4) is 0 Å². The zero-order valence-corrected chi connectivity index (χ0v) is 13.3. The molecule has 1 unspecified atom stereocenters. The standard InChI is InChI=1S/C15H17N5OS/c1-4-8-17-14(21)11(3)22-15-19-18-13(20(15)5-2)12-6-9-16-10-7-12/h1,6-7,9-11H,5,8H2,2-3H3,(H,17,21). The van der Waals surface area contributed by atoms with Gasteiger partial charge in [0.2, 0.25) is 5.91 Å². The quantitative estimate of drug-likeness (QED) is 0.647. The van der Waals surface area contributed by atoms with E-state index in [1.165, 1.54) is 11.8 Å². The zero-order valence-electron chi connectivity index (χ0n) is 12.5. The summed E-state index contributed by atoms with van der Waals surface area (Å²) in [6, 6.07) is 3.77. The monoisotopic (exact) mass is 315 g/mol. The Morgan fingerprint density at radius 2 is 2.18 bits per heavy atom. The topological polar surface area (TPSA) is 72.7 Å². The molecule has 2 aromatic heterocycles. The highest BCUT2D eigenvalue weighted by Crippen LogP contribution is 2.26. The highest BCUT2D eigenvalue weighted by atomic mass is 32.2. The molecule has 2 rings (SSSR count). The van der Waals surface area contributed by atoms with E-state index in [2.05, 4.69) is 26.4 Å². The number of hydrogen-bond acceptors (Lipinski definition) is 5. The van der Waals surface area contributed by atoms with E-state index < -0.39 is 0 Å². The molecule has 0 fully saturated rings. The molecule has 114 valence electrons. The molecule has 0 saturated heterocycles. The summed E-state index contributed by atoms with van der Waals surface area (Å²) in [5, 5.41) is 11.5. The SMILES string of the molecule is C#CCNC(=O)C(C)Sc1nnc(-c2ccncc2)n1CC. The lowest BCUT2D eigenvalue weighted by Crippen LogP contribution is -2.31. The third kappa shape index (κ3) is 3.65. The fourth-order valence-electron chi connectivity index (χ4n) is 1.87. The van der Waals surface area contributed by atoms with Crippen LogP contribution in [-0.4, -0.2) is 37.5 Å². The fraction of sp³-hybridized carbons (Fsp3) is 0.333. The lowest BCUT2D eigenvalue weighted by molar-refractivity contribution is -0.120. The molecule has 2 heterocycles. The Morgan fingerprint density at radius 3 is 2.82 bits per heavy atom. The Bertz CT molecular complexity index is 677. The molecule has 7 heteroatoms. The van der Waals surface area contributed by atoms with Crippen molar-refractivity contribution < 1.29 is 4.79 Å². The fourth-order valence-corrected chi connectivity index (χ4v) is 2.81. The molecule has 0 aliphatic rings. The van der Waals surface area contributed by atoms with Crippen LogP contribution < -0.4 is 5.32 Å². The second kappa shape index (κ2) is 7.61. The molecule has 1 atom stereocenters. The maximum atomic E-state index is 11.9. The van der Waals surface area contributed by atoms with Gasteiger partial charge in [0.15, 0.2) is 11.0 Å². The average molecular weight is 315 g/mol. The van der Waals surface area contributed by atoms with Gasteiger partial charge in [-0.05, 0) is 26.0 Å². The Morgan fingerprint density at radius 1 is 1.45 bits per heavy atom. The largest absolute Gasteiger partial charge is 0.344 e. The number of nitrogens with zero attached hydrogens (tertiary/aromatic N) is 4. The molecule has 1 amide bonds. The Kier molecular flexibility index (Phi) is 5.55. The van der Waals surface area contributed by atoms with E-state index >= 15 is 0 Å². The minimum Gasteiger partial charge on any atom is -0.344 e. The van der Waals surface area contributed by atoms with Gasteiger partial charge in [0.25, 0.3) is 0 Å². The van der Waals surface area contributed by atoms with Crippen LogP contribution in [0.25, 0.3) is 11.4 Å². The van der Waals surface area contributed by atoms with Gasteiger partial charge >= 0.3 is 0 Å². The van der Waals surface area contributed by atoms with Gasteiger partial charge in [-0.25, -0.2) is 0 Å². The number of rotatable bonds is 6. The van der Waals surface area contributed by atoms with Crippen molar-refractivity contribution in [1.29, 1.82) is 0 Å². The number of nitrogens with one attached hydrogen (secondary N) is 1. The summed E-state index contributed by atoms with van der Waals surface area (Å²) in [6.45, 7) is 4.77. The van der Waals surface area contributed by atoms with Crippen LogP contribution in [0.5, 0.6) is 0 Å². The van der Waals surface area contributed by atoms with Gasteiger partial charge in [-0.2, -0.15) is 0 Å². The maximum Gasteiger partial charge on any atom is 0.234 e. The van der Waals surface area contributed by atoms with Crippen LogP contribution in [0.15, 0.2) is 29.7 Å². The highest BCUT2D eigenvalue weighted by Gasteiger charge is 2.19. The average Bonchev–Trinajstić information content (AvgIpc) is 2.95. The van der Waals surface area contributed by atoms with Crippen molar-refractivity contribution in [3.8, 4) is 23.7 Å². The van der Waals surface area contributed by atoms with Crippen molar-refractivity contribution in [2.45, 2.75) is 30.8 Å². The van der Waals surface area contributed by atoms with Crippen molar-refractivity contribution in [2.75, 3.05) is 6.54 Å². The number of aromatic nitrogens is 4. The summed E-state index contributed by atoms with van der Waals surface area (Å²) < 4.78 is 1.98. The van der Waals surface area contributed by atoms with Crippen LogP contribution in [0.2, 0.25) is 0 Å². The molecule has 1 N–H and O–H groups in total. The van der Waals surface area contributed by atoms with E-state index in [-0.39, 0.29) is 17.7 Å².